The van der Waals surface area contributed by atoms with Crippen molar-refractivity contribution in [3.05, 3.63) is 48.0 Å². The molecule has 2 aromatic rings. The molecule has 118 valence electrons. The van der Waals surface area contributed by atoms with Crippen molar-refractivity contribution in [1.29, 1.82) is 0 Å². The van der Waals surface area contributed by atoms with E-state index in [0.29, 0.717) is 0 Å². The molecule has 2 heterocycles. The van der Waals surface area contributed by atoms with Gasteiger partial charge in [-0.05, 0) is 11.6 Å². The lowest BCUT2D eigenvalue weighted by Gasteiger charge is -2.30. The van der Waals surface area contributed by atoms with Crippen molar-refractivity contribution in [1.82, 2.24) is 9.97 Å². The number of nitrogens with two attached hydrogens (primary N) is 1. The number of hydrogen-bond acceptors (Lipinski definition) is 3. The van der Waals surface area contributed by atoms with Gasteiger partial charge in [-0.25, -0.2) is 4.98 Å². The molecule has 0 aliphatic carbocycles. The maximum absolute atomic E-state index is 11.5. The van der Waals surface area contributed by atoms with Crippen molar-refractivity contribution in [2.45, 2.75) is 31.7 Å². The molecule has 22 heavy (non-hydrogen) atoms. The van der Waals surface area contributed by atoms with E-state index < -0.39 is 0 Å². The van der Waals surface area contributed by atoms with Crippen molar-refractivity contribution in [2.24, 2.45) is 5.73 Å². The molecule has 0 spiro atoms. The second-order valence-corrected chi connectivity index (χ2v) is 6.22. The molecule has 3 rings (SSSR count). The smallest absolute Gasteiger partial charge is 0.219 e. The predicted octanol–water partition coefficient (Wildman–Crippen LogP) is 2.55. The van der Waals surface area contributed by atoms with E-state index in [1.54, 1.807) is 12.5 Å². The Morgan fingerprint density at radius 3 is 2.82 bits per heavy atom. The van der Waals surface area contributed by atoms with Crippen LogP contribution in [0.4, 0.5) is 5.69 Å². The number of aromatic amines is 1. The average Bonchev–Trinajstić information content (AvgIpc) is 3.04. The topological polar surface area (TPSA) is 75.0 Å². The summed E-state index contributed by atoms with van der Waals surface area (Å²) in [7, 11) is 0. The van der Waals surface area contributed by atoms with Crippen LogP contribution in [-0.2, 0) is 10.2 Å². The zero-order chi connectivity index (χ0) is 15.0. The number of nitrogens with one attached hydrogen (secondary N) is 1. The van der Waals surface area contributed by atoms with E-state index >= 15 is 0 Å². The first-order valence-electron chi connectivity index (χ1n) is 7.12. The summed E-state index contributed by atoms with van der Waals surface area (Å²) >= 11 is 0. The number of carbonyl (C=O) groups excluding carboxylic acids is 1. The summed E-state index contributed by atoms with van der Waals surface area (Å²) < 4.78 is 0. The van der Waals surface area contributed by atoms with Gasteiger partial charge in [0.1, 0.15) is 0 Å². The molecular weight excluding hydrogens is 300 g/mol. The quantitative estimate of drug-likeness (QED) is 0.909. The van der Waals surface area contributed by atoms with Gasteiger partial charge in [0.05, 0.1) is 30.7 Å². The number of imidazole rings is 1. The van der Waals surface area contributed by atoms with Crippen LogP contribution in [-0.4, -0.2) is 22.4 Å². The molecule has 1 aliphatic rings. The number of rotatable bonds is 4. The molecular formula is C16H21ClN4O. The Morgan fingerprint density at radius 2 is 2.18 bits per heavy atom. The highest BCUT2D eigenvalue weighted by Gasteiger charge is 2.39. The Balaban J connectivity index is 0.00000176. The van der Waals surface area contributed by atoms with Crippen LogP contribution < -0.4 is 10.6 Å². The maximum atomic E-state index is 11.5. The highest BCUT2D eigenvalue weighted by atomic mass is 35.5. The third-order valence-corrected chi connectivity index (χ3v) is 4.16. The van der Waals surface area contributed by atoms with E-state index in [-0.39, 0.29) is 36.2 Å². The summed E-state index contributed by atoms with van der Waals surface area (Å²) in [5, 5.41) is 0. The van der Waals surface area contributed by atoms with Crippen LogP contribution in [0.5, 0.6) is 0 Å². The minimum Gasteiger partial charge on any atom is -0.370 e. The zero-order valence-electron chi connectivity index (χ0n) is 12.7. The number of halogens is 1. The number of fused-ring (bicyclic) bond motifs is 1. The van der Waals surface area contributed by atoms with Gasteiger partial charge in [0.25, 0.3) is 0 Å². The average molecular weight is 321 g/mol. The lowest BCUT2D eigenvalue weighted by molar-refractivity contribution is -0.118. The highest BCUT2D eigenvalue weighted by Crippen LogP contribution is 2.44. The van der Waals surface area contributed by atoms with Gasteiger partial charge < -0.3 is 15.6 Å². The number of anilines is 1. The molecule has 1 unspecified atom stereocenters. The van der Waals surface area contributed by atoms with Crippen LogP contribution in [0.3, 0.4) is 0 Å². The van der Waals surface area contributed by atoms with E-state index in [1.807, 2.05) is 6.07 Å². The van der Waals surface area contributed by atoms with E-state index in [0.717, 1.165) is 12.2 Å². The first-order valence-corrected chi connectivity index (χ1v) is 7.12. The summed E-state index contributed by atoms with van der Waals surface area (Å²) in [4.78, 5) is 21.0. The fourth-order valence-corrected chi connectivity index (χ4v) is 3.20. The number of nitrogens with zero attached hydrogens (tertiary/aromatic N) is 2. The number of primary amides is 1. The lowest BCUT2D eigenvalue weighted by atomic mass is 9.87. The largest absolute Gasteiger partial charge is 0.370 e. The second kappa shape index (κ2) is 6.01. The molecule has 5 nitrogen and oxygen atoms in total. The lowest BCUT2D eigenvalue weighted by Crippen LogP contribution is -2.34. The van der Waals surface area contributed by atoms with Gasteiger partial charge >= 0.3 is 0 Å². The van der Waals surface area contributed by atoms with Crippen molar-refractivity contribution in [3.63, 3.8) is 0 Å². The SMILES string of the molecule is CC1(C)CN(C(CC(N)=O)c2cnc[nH]2)c2ccccc21.Cl. The van der Waals surface area contributed by atoms with Gasteiger partial charge in [0, 0.05) is 17.6 Å². The van der Waals surface area contributed by atoms with Gasteiger partial charge in [-0.15, -0.1) is 12.4 Å². The summed E-state index contributed by atoms with van der Waals surface area (Å²) in [6, 6.07) is 8.25. The minimum atomic E-state index is -0.309. The number of amides is 1. The normalized spacial score (nSPS) is 16.7. The molecule has 6 heteroatoms. The van der Waals surface area contributed by atoms with Gasteiger partial charge in [-0.2, -0.15) is 0 Å². The number of aromatic nitrogens is 2. The molecule has 0 bridgehead atoms. The van der Waals surface area contributed by atoms with Gasteiger partial charge in [-0.3, -0.25) is 4.79 Å². The molecule has 1 amide bonds. The Morgan fingerprint density at radius 1 is 1.45 bits per heavy atom. The number of benzene rings is 1. The predicted molar refractivity (Wildman–Crippen MR) is 89.2 cm³/mol. The van der Waals surface area contributed by atoms with Crippen LogP contribution in [0.15, 0.2) is 36.8 Å². The number of hydrogen-bond donors (Lipinski definition) is 2. The van der Waals surface area contributed by atoms with E-state index in [4.69, 9.17) is 5.73 Å². The molecule has 1 aromatic heterocycles. The Hall–Kier alpha value is -2.01. The second-order valence-electron chi connectivity index (χ2n) is 6.22. The molecule has 0 saturated carbocycles. The first kappa shape index (κ1) is 16.4. The molecule has 1 aliphatic heterocycles. The number of carbonyl (C=O) groups is 1. The van der Waals surface area contributed by atoms with Crippen LogP contribution >= 0.6 is 12.4 Å². The highest BCUT2D eigenvalue weighted by molar-refractivity contribution is 5.85. The molecule has 0 fully saturated rings. The van der Waals surface area contributed by atoms with Crippen molar-refractivity contribution in [3.8, 4) is 0 Å². The summed E-state index contributed by atoms with van der Waals surface area (Å²) in [6.07, 6.45) is 3.67. The fourth-order valence-electron chi connectivity index (χ4n) is 3.20. The molecule has 1 atom stereocenters. The van der Waals surface area contributed by atoms with Crippen LogP contribution in [0.2, 0.25) is 0 Å². The van der Waals surface area contributed by atoms with Gasteiger partial charge in [0.15, 0.2) is 0 Å². The Bertz CT molecular complexity index is 654. The van der Waals surface area contributed by atoms with E-state index in [2.05, 4.69) is 46.9 Å². The standard InChI is InChI=1S/C16H20N4O.ClH/c1-16(2)9-20(13-6-4-3-5-11(13)16)14(7-15(17)21)12-8-18-10-19-12;/h3-6,8,10,14H,7,9H2,1-2H3,(H2,17,21)(H,18,19);1H. The van der Waals surface area contributed by atoms with E-state index in [9.17, 15) is 4.79 Å². The number of para-hydroxylation sites is 1. The van der Waals surface area contributed by atoms with Crippen molar-refractivity contribution >= 4 is 24.0 Å². The molecule has 3 N–H and O–H groups in total. The van der Waals surface area contributed by atoms with Crippen molar-refractivity contribution < 1.29 is 4.79 Å². The van der Waals surface area contributed by atoms with Crippen LogP contribution in [0.1, 0.15) is 37.6 Å². The third-order valence-electron chi connectivity index (χ3n) is 4.16. The van der Waals surface area contributed by atoms with Gasteiger partial charge in [-0.1, -0.05) is 32.0 Å². The summed E-state index contributed by atoms with van der Waals surface area (Å²) in [6.45, 7) is 5.30. The van der Waals surface area contributed by atoms with Crippen LogP contribution in [0, 0.1) is 0 Å². The molecule has 1 aromatic carbocycles. The molecule has 0 saturated heterocycles. The summed E-state index contributed by atoms with van der Waals surface area (Å²) in [5.41, 5.74) is 8.90. The zero-order valence-corrected chi connectivity index (χ0v) is 13.6. The van der Waals surface area contributed by atoms with Crippen molar-refractivity contribution in [2.75, 3.05) is 11.4 Å². The number of H-pyrrole nitrogens is 1. The first-order chi connectivity index (χ1) is 9.99. The third kappa shape index (κ3) is 2.81. The maximum Gasteiger partial charge on any atom is 0.219 e. The molecule has 0 radical (unpaired) electrons. The summed E-state index contributed by atoms with van der Waals surface area (Å²) in [5.74, 6) is -0.309. The van der Waals surface area contributed by atoms with Gasteiger partial charge in [0.2, 0.25) is 5.91 Å². The fraction of sp³-hybridized carbons (Fsp3) is 0.375. The van der Waals surface area contributed by atoms with Crippen LogP contribution in [0.25, 0.3) is 0 Å². The Labute approximate surface area is 136 Å². The Kier molecular flexibility index (Phi) is 4.47. The monoisotopic (exact) mass is 320 g/mol. The minimum absolute atomic E-state index is 0. The van der Waals surface area contributed by atoms with E-state index in [1.165, 1.54) is 11.3 Å².